The summed E-state index contributed by atoms with van der Waals surface area (Å²) in [7, 11) is 0. The molecule has 3 aromatic carbocycles. The SMILES string of the molecule is O=C(N[C@@H](Cc1ccc(-c2c(C(F)(F)F)cccc2C(F)(F)F)cc1)C(=O)O)c1c(Cl)cccc1Cl. The molecule has 0 aromatic heterocycles. The number of alkyl halides is 6. The lowest BCUT2D eigenvalue weighted by atomic mass is 9.92. The summed E-state index contributed by atoms with van der Waals surface area (Å²) in [5.74, 6) is -2.30. The molecule has 0 spiro atoms. The van der Waals surface area contributed by atoms with Crippen LogP contribution >= 0.6 is 23.2 Å². The van der Waals surface area contributed by atoms with E-state index in [1.807, 2.05) is 0 Å². The number of rotatable bonds is 6. The third kappa shape index (κ3) is 6.11. The van der Waals surface area contributed by atoms with Gasteiger partial charge in [0.05, 0.1) is 26.7 Å². The van der Waals surface area contributed by atoms with Crippen molar-refractivity contribution in [3.8, 4) is 11.1 Å². The zero-order valence-corrected chi connectivity index (χ0v) is 19.4. The Morgan fingerprint density at radius 3 is 1.72 bits per heavy atom. The number of carboxylic acid groups (broad SMARTS) is 1. The molecule has 0 aliphatic carbocycles. The molecule has 0 saturated carbocycles. The van der Waals surface area contributed by atoms with E-state index in [4.69, 9.17) is 23.2 Å². The first-order valence-corrected chi connectivity index (χ1v) is 10.8. The van der Waals surface area contributed by atoms with Gasteiger partial charge in [-0.2, -0.15) is 26.3 Å². The van der Waals surface area contributed by atoms with Gasteiger partial charge < -0.3 is 10.4 Å². The van der Waals surface area contributed by atoms with Crippen molar-refractivity contribution in [3.63, 3.8) is 0 Å². The van der Waals surface area contributed by atoms with E-state index in [0.717, 1.165) is 12.1 Å². The van der Waals surface area contributed by atoms with Crippen molar-refractivity contribution < 1.29 is 41.0 Å². The third-order valence-corrected chi connectivity index (χ3v) is 5.78. The fraction of sp³-hybridized carbons (Fsp3) is 0.167. The van der Waals surface area contributed by atoms with Crippen LogP contribution in [0.4, 0.5) is 26.3 Å². The molecule has 0 bridgehead atoms. The number of nitrogens with one attached hydrogen (secondary N) is 1. The van der Waals surface area contributed by atoms with Crippen molar-refractivity contribution in [3.05, 3.63) is 93.0 Å². The normalized spacial score (nSPS) is 12.8. The van der Waals surface area contributed by atoms with Crippen molar-refractivity contribution in [2.45, 2.75) is 24.8 Å². The van der Waals surface area contributed by atoms with Gasteiger partial charge in [-0.1, -0.05) is 59.6 Å². The van der Waals surface area contributed by atoms with Gasteiger partial charge in [0.25, 0.3) is 5.91 Å². The zero-order valence-electron chi connectivity index (χ0n) is 17.8. The van der Waals surface area contributed by atoms with Crippen molar-refractivity contribution in [1.29, 1.82) is 0 Å². The zero-order chi connectivity index (χ0) is 26.8. The second kappa shape index (κ2) is 10.4. The maximum atomic E-state index is 13.5. The molecule has 2 N–H and O–H groups in total. The van der Waals surface area contributed by atoms with Crippen LogP contribution in [0, 0.1) is 0 Å². The molecule has 4 nitrogen and oxygen atoms in total. The quantitative estimate of drug-likeness (QED) is 0.321. The van der Waals surface area contributed by atoms with E-state index in [-0.39, 0.29) is 33.2 Å². The van der Waals surface area contributed by atoms with Crippen molar-refractivity contribution >= 4 is 35.1 Å². The molecule has 0 unspecified atom stereocenters. The minimum Gasteiger partial charge on any atom is -0.480 e. The number of hydrogen-bond donors (Lipinski definition) is 2. The van der Waals surface area contributed by atoms with Gasteiger partial charge in [0, 0.05) is 12.0 Å². The van der Waals surface area contributed by atoms with Gasteiger partial charge in [-0.05, 0) is 35.4 Å². The Balaban J connectivity index is 1.92. The fourth-order valence-corrected chi connectivity index (χ4v) is 4.09. The highest BCUT2D eigenvalue weighted by Crippen LogP contribution is 2.44. The molecule has 1 atom stereocenters. The molecule has 0 radical (unpaired) electrons. The van der Waals surface area contributed by atoms with Crippen molar-refractivity contribution in [1.82, 2.24) is 5.32 Å². The first kappa shape index (κ1) is 27.3. The lowest BCUT2D eigenvalue weighted by Crippen LogP contribution is -2.42. The molecule has 0 aliphatic rings. The third-order valence-electron chi connectivity index (χ3n) is 5.15. The number of carbonyl (C=O) groups excluding carboxylic acids is 1. The average Bonchev–Trinajstić information content (AvgIpc) is 2.77. The first-order valence-electron chi connectivity index (χ1n) is 10.0. The van der Waals surface area contributed by atoms with Crippen molar-refractivity contribution in [2.75, 3.05) is 0 Å². The minimum atomic E-state index is -5.05. The lowest BCUT2D eigenvalue weighted by Gasteiger charge is -2.19. The fourth-order valence-electron chi connectivity index (χ4n) is 3.52. The summed E-state index contributed by atoms with van der Waals surface area (Å²) in [6.07, 6.45) is -10.4. The van der Waals surface area contributed by atoms with Crippen LogP contribution in [-0.2, 0) is 23.6 Å². The second-order valence-corrected chi connectivity index (χ2v) is 8.40. The van der Waals surface area contributed by atoms with Crippen LogP contribution in [0.15, 0.2) is 60.7 Å². The monoisotopic (exact) mass is 549 g/mol. The Labute approximate surface area is 210 Å². The molecule has 36 heavy (non-hydrogen) atoms. The summed E-state index contributed by atoms with van der Waals surface area (Å²) < 4.78 is 80.8. The van der Waals surface area contributed by atoms with Gasteiger partial charge in [-0.25, -0.2) is 4.79 Å². The van der Waals surface area contributed by atoms with E-state index < -0.39 is 47.0 Å². The molecular formula is C24H15Cl2F6NO3. The van der Waals surface area contributed by atoms with Gasteiger partial charge in [0.1, 0.15) is 6.04 Å². The Morgan fingerprint density at radius 1 is 0.806 bits per heavy atom. The summed E-state index contributed by atoms with van der Waals surface area (Å²) in [5, 5.41) is 11.8. The Bertz CT molecular complexity index is 1240. The highest BCUT2D eigenvalue weighted by Gasteiger charge is 2.41. The first-order chi connectivity index (χ1) is 16.7. The smallest absolute Gasteiger partial charge is 0.417 e. The van der Waals surface area contributed by atoms with Crippen LogP contribution in [0.3, 0.4) is 0 Å². The predicted octanol–water partition coefficient (Wildman–Crippen LogP) is 7.12. The number of halogens is 8. The molecule has 3 rings (SSSR count). The average molecular weight is 550 g/mol. The van der Waals surface area contributed by atoms with Gasteiger partial charge in [-0.3, -0.25) is 4.79 Å². The van der Waals surface area contributed by atoms with E-state index >= 15 is 0 Å². The van der Waals surface area contributed by atoms with Crippen LogP contribution < -0.4 is 5.32 Å². The Hall–Kier alpha value is -3.24. The molecule has 190 valence electrons. The summed E-state index contributed by atoms with van der Waals surface area (Å²) in [5.41, 5.74) is -4.24. The minimum absolute atomic E-state index is 0.0164. The standard InChI is InChI=1S/C24H15Cl2F6NO3/c25-16-5-2-6-17(26)20(16)21(34)33-18(22(35)36)11-12-7-9-13(10-8-12)19-14(23(27,28)29)3-1-4-15(19)24(30,31)32/h1-10,18H,11H2,(H,33,34)(H,35,36)/t18-/m0/s1. The van der Waals surface area contributed by atoms with E-state index in [1.165, 1.54) is 30.3 Å². The van der Waals surface area contributed by atoms with Gasteiger partial charge in [0.2, 0.25) is 0 Å². The molecule has 12 heteroatoms. The van der Waals surface area contributed by atoms with Crippen LogP contribution in [0.1, 0.15) is 27.0 Å². The number of carboxylic acids is 1. The maximum Gasteiger partial charge on any atom is 0.417 e. The molecule has 1 amide bonds. The van der Waals surface area contributed by atoms with Crippen LogP contribution in [0.2, 0.25) is 10.0 Å². The summed E-state index contributed by atoms with van der Waals surface area (Å²) in [6.45, 7) is 0. The Morgan fingerprint density at radius 2 is 1.28 bits per heavy atom. The summed E-state index contributed by atoms with van der Waals surface area (Å²) in [6, 6.07) is 8.96. The number of hydrogen-bond acceptors (Lipinski definition) is 2. The molecular weight excluding hydrogens is 535 g/mol. The molecule has 0 saturated heterocycles. The lowest BCUT2D eigenvalue weighted by molar-refractivity contribution is -0.142. The highest BCUT2D eigenvalue weighted by atomic mass is 35.5. The van der Waals surface area contributed by atoms with E-state index in [2.05, 4.69) is 5.32 Å². The highest BCUT2D eigenvalue weighted by molar-refractivity contribution is 6.39. The van der Waals surface area contributed by atoms with E-state index in [0.29, 0.717) is 18.2 Å². The van der Waals surface area contributed by atoms with Crippen LogP contribution in [0.5, 0.6) is 0 Å². The number of carbonyl (C=O) groups is 2. The molecule has 3 aromatic rings. The number of benzene rings is 3. The maximum absolute atomic E-state index is 13.5. The van der Waals surface area contributed by atoms with E-state index in [9.17, 15) is 41.0 Å². The van der Waals surface area contributed by atoms with Gasteiger partial charge in [-0.15, -0.1) is 0 Å². The summed E-state index contributed by atoms with van der Waals surface area (Å²) >= 11 is 11.9. The van der Waals surface area contributed by atoms with Crippen LogP contribution in [-0.4, -0.2) is 23.0 Å². The Kier molecular flexibility index (Phi) is 7.90. The van der Waals surface area contributed by atoms with Gasteiger partial charge >= 0.3 is 18.3 Å². The topological polar surface area (TPSA) is 66.4 Å². The van der Waals surface area contributed by atoms with Gasteiger partial charge in [0.15, 0.2) is 0 Å². The second-order valence-electron chi connectivity index (χ2n) is 7.59. The van der Waals surface area contributed by atoms with E-state index in [1.54, 1.807) is 0 Å². The summed E-state index contributed by atoms with van der Waals surface area (Å²) in [4.78, 5) is 24.2. The molecule has 0 fully saturated rings. The largest absolute Gasteiger partial charge is 0.480 e. The predicted molar refractivity (Wildman–Crippen MR) is 121 cm³/mol. The van der Waals surface area contributed by atoms with Crippen molar-refractivity contribution in [2.24, 2.45) is 0 Å². The molecule has 0 aliphatic heterocycles. The molecule has 0 heterocycles. The number of aliphatic carboxylic acids is 1. The van der Waals surface area contributed by atoms with Crippen LogP contribution in [0.25, 0.3) is 11.1 Å². The number of amides is 1.